The first-order chi connectivity index (χ1) is 20.0. The Balaban J connectivity index is 1.37. The lowest BCUT2D eigenvalue weighted by molar-refractivity contribution is 0.112. The molecule has 0 aliphatic carbocycles. The van der Waals surface area contributed by atoms with E-state index in [1.165, 1.54) is 0 Å². The summed E-state index contributed by atoms with van der Waals surface area (Å²) in [4.78, 5) is 19.3. The maximum Gasteiger partial charge on any atom is 0.199 e. The zero-order valence-electron chi connectivity index (χ0n) is 22.1. The summed E-state index contributed by atoms with van der Waals surface area (Å²) in [5.41, 5.74) is 2.95. The number of nitrogens with zero attached hydrogens (tertiary/aromatic N) is 2. The molecule has 8 nitrogen and oxygen atoms in total. The number of H-pyrrole nitrogens is 1. The fourth-order valence-corrected chi connectivity index (χ4v) is 8.34. The number of halogens is 1. The second-order valence-electron chi connectivity index (χ2n) is 9.85. The fourth-order valence-electron chi connectivity index (χ4n) is 5.39. The van der Waals surface area contributed by atoms with Gasteiger partial charge in [0.1, 0.15) is 23.5 Å². The van der Waals surface area contributed by atoms with Gasteiger partial charge in [0.15, 0.2) is 16.1 Å². The molecular weight excluding hydrogens is 606 g/mol. The number of benzene rings is 3. The predicted octanol–water partition coefficient (Wildman–Crippen LogP) is 6.21. The summed E-state index contributed by atoms with van der Waals surface area (Å²) in [5, 5.41) is -0.171. The number of aromatic nitrogens is 1. The number of fused-ring (bicyclic) bond motifs is 1. The Bertz CT molecular complexity index is 1780. The highest BCUT2D eigenvalue weighted by Gasteiger charge is 2.38. The number of rotatable bonds is 9. The highest BCUT2D eigenvalue weighted by atomic mass is 79.9. The van der Waals surface area contributed by atoms with Gasteiger partial charge in [-0.1, -0.05) is 24.3 Å². The van der Waals surface area contributed by atoms with Gasteiger partial charge in [-0.15, -0.1) is 0 Å². The molecule has 1 aliphatic rings. The van der Waals surface area contributed by atoms with Crippen LogP contribution < -0.4 is 9.64 Å². The van der Waals surface area contributed by atoms with E-state index in [2.05, 4.69) is 25.8 Å². The summed E-state index contributed by atoms with van der Waals surface area (Å²) in [5.74, 6) is 1.31. The Morgan fingerprint density at radius 3 is 2.51 bits per heavy atom. The number of ether oxygens (including phenoxy) is 1. The maximum absolute atomic E-state index is 14.4. The molecule has 0 radical (unpaired) electrons. The van der Waals surface area contributed by atoms with Crippen molar-refractivity contribution in [2.75, 3.05) is 31.1 Å². The third-order valence-electron chi connectivity index (χ3n) is 7.40. The van der Waals surface area contributed by atoms with E-state index in [4.69, 9.17) is 9.15 Å². The standard InChI is InChI=1S/C31H28BrN3O5S/c32-27-8-2-4-10-30(27)41(37,38)31(35-15-13-34(14-16-35)29-9-3-1-6-22(29)20-36)26-19-33-28-12-11-23(18-25(26)28)40-21-24-7-5-17-39-24/h1-12,17-20,31,33H,13-16,21H2. The molecule has 3 aromatic carbocycles. The van der Waals surface area contributed by atoms with Crippen LogP contribution in [0.1, 0.15) is 27.1 Å². The van der Waals surface area contributed by atoms with Crippen LogP contribution in [0.2, 0.25) is 0 Å². The molecule has 5 aromatic rings. The molecule has 0 spiro atoms. The first kappa shape index (κ1) is 27.3. The van der Waals surface area contributed by atoms with Crippen molar-refractivity contribution in [3.05, 3.63) is 113 Å². The Morgan fingerprint density at radius 1 is 0.976 bits per heavy atom. The molecule has 6 rings (SSSR count). The van der Waals surface area contributed by atoms with Crippen LogP contribution in [0.5, 0.6) is 5.75 Å². The zero-order chi connectivity index (χ0) is 28.4. The van der Waals surface area contributed by atoms with Crippen molar-refractivity contribution in [1.82, 2.24) is 9.88 Å². The van der Waals surface area contributed by atoms with E-state index in [9.17, 15) is 13.2 Å². The van der Waals surface area contributed by atoms with Crippen molar-refractivity contribution in [2.45, 2.75) is 16.9 Å². The predicted molar refractivity (Wildman–Crippen MR) is 161 cm³/mol. The van der Waals surface area contributed by atoms with Gasteiger partial charge in [-0.2, -0.15) is 0 Å². The Hall–Kier alpha value is -3.86. The lowest BCUT2D eigenvalue weighted by Crippen LogP contribution is -2.49. The lowest BCUT2D eigenvalue weighted by atomic mass is 10.1. The summed E-state index contributed by atoms with van der Waals surface area (Å²) < 4.78 is 40.7. The van der Waals surface area contributed by atoms with Crippen LogP contribution in [-0.2, 0) is 16.4 Å². The number of aldehydes is 1. The topological polar surface area (TPSA) is 95.8 Å². The molecule has 41 heavy (non-hydrogen) atoms. The summed E-state index contributed by atoms with van der Waals surface area (Å²) in [7, 11) is -3.87. The molecular formula is C31H28BrN3O5S. The molecule has 210 valence electrons. The summed E-state index contributed by atoms with van der Waals surface area (Å²) in [6.07, 6.45) is 4.24. The Morgan fingerprint density at radius 2 is 1.76 bits per heavy atom. The normalized spacial score (nSPS) is 15.2. The number of carbonyl (C=O) groups is 1. The van der Waals surface area contributed by atoms with Crippen LogP contribution in [0.15, 0.2) is 105 Å². The van der Waals surface area contributed by atoms with Gasteiger partial charge >= 0.3 is 0 Å². The van der Waals surface area contributed by atoms with Crippen LogP contribution >= 0.6 is 15.9 Å². The van der Waals surface area contributed by atoms with Crippen molar-refractivity contribution in [3.8, 4) is 5.75 Å². The molecule has 0 bridgehead atoms. The van der Waals surface area contributed by atoms with E-state index >= 15 is 0 Å². The number of carbonyl (C=O) groups excluding carboxylic acids is 1. The van der Waals surface area contributed by atoms with E-state index < -0.39 is 15.2 Å². The summed E-state index contributed by atoms with van der Waals surface area (Å²) in [6.45, 7) is 2.40. The van der Waals surface area contributed by atoms with Gasteiger partial charge < -0.3 is 19.0 Å². The quantitative estimate of drug-likeness (QED) is 0.193. The molecule has 1 aliphatic heterocycles. The number of piperazine rings is 1. The highest BCUT2D eigenvalue weighted by molar-refractivity contribution is 9.10. The first-order valence-electron chi connectivity index (χ1n) is 13.2. The molecule has 0 saturated carbocycles. The van der Waals surface area contributed by atoms with Crippen molar-refractivity contribution in [3.63, 3.8) is 0 Å². The monoisotopic (exact) mass is 633 g/mol. The van der Waals surface area contributed by atoms with Gasteiger partial charge in [0.25, 0.3) is 0 Å². The van der Waals surface area contributed by atoms with Crippen LogP contribution in [0, 0.1) is 0 Å². The molecule has 1 saturated heterocycles. The van der Waals surface area contributed by atoms with Gasteiger partial charge in [0.05, 0.1) is 11.2 Å². The van der Waals surface area contributed by atoms with Crippen LogP contribution in [-0.4, -0.2) is 50.8 Å². The lowest BCUT2D eigenvalue weighted by Gasteiger charge is -2.40. The van der Waals surface area contributed by atoms with E-state index in [0.717, 1.165) is 22.9 Å². The molecule has 3 heterocycles. The van der Waals surface area contributed by atoms with Crippen LogP contribution in [0.3, 0.4) is 0 Å². The van der Waals surface area contributed by atoms with E-state index in [-0.39, 0.29) is 11.5 Å². The van der Waals surface area contributed by atoms with Gasteiger partial charge in [-0.05, 0) is 70.5 Å². The van der Waals surface area contributed by atoms with Gasteiger partial charge in [0, 0.05) is 64.6 Å². The van der Waals surface area contributed by atoms with Gasteiger partial charge in [0.2, 0.25) is 0 Å². The number of hydrogen-bond acceptors (Lipinski definition) is 7. The SMILES string of the molecule is O=Cc1ccccc1N1CCN(C(c2c[nH]c3ccc(OCc4ccco4)cc23)S(=O)(=O)c2ccccc2Br)CC1. The van der Waals surface area contributed by atoms with Crippen molar-refractivity contribution < 1.29 is 22.4 Å². The maximum atomic E-state index is 14.4. The third kappa shape index (κ3) is 5.42. The number of nitrogens with one attached hydrogen (secondary N) is 1. The summed E-state index contributed by atoms with van der Waals surface area (Å²) in [6, 6.07) is 23.7. The second kappa shape index (κ2) is 11.6. The molecule has 2 aromatic heterocycles. The second-order valence-corrected chi connectivity index (χ2v) is 12.7. The van der Waals surface area contributed by atoms with Gasteiger partial charge in [-0.3, -0.25) is 9.69 Å². The highest BCUT2D eigenvalue weighted by Crippen LogP contribution is 2.40. The van der Waals surface area contributed by atoms with Crippen molar-refractivity contribution >= 4 is 48.6 Å². The van der Waals surface area contributed by atoms with Crippen LogP contribution in [0.25, 0.3) is 10.9 Å². The first-order valence-corrected chi connectivity index (χ1v) is 15.6. The number of anilines is 1. The number of hydrogen-bond donors (Lipinski definition) is 1. The molecule has 1 N–H and O–H groups in total. The van der Waals surface area contributed by atoms with Crippen molar-refractivity contribution in [2.24, 2.45) is 0 Å². The third-order valence-corrected chi connectivity index (χ3v) is 10.5. The molecule has 1 fully saturated rings. The van der Waals surface area contributed by atoms with Crippen LogP contribution in [0.4, 0.5) is 5.69 Å². The minimum absolute atomic E-state index is 0.235. The smallest absolute Gasteiger partial charge is 0.199 e. The number of sulfone groups is 1. The molecule has 1 atom stereocenters. The van der Waals surface area contributed by atoms with E-state index in [1.54, 1.807) is 48.9 Å². The van der Waals surface area contributed by atoms with E-state index in [1.807, 2.05) is 47.4 Å². The molecule has 0 amide bonds. The Labute approximate surface area is 246 Å². The number of para-hydroxylation sites is 1. The Kier molecular flexibility index (Phi) is 7.70. The molecule has 10 heteroatoms. The average molecular weight is 635 g/mol. The fraction of sp³-hybridized carbons (Fsp3) is 0.194. The number of furan rings is 1. The zero-order valence-corrected chi connectivity index (χ0v) is 24.5. The minimum atomic E-state index is -3.87. The van der Waals surface area contributed by atoms with E-state index in [0.29, 0.717) is 53.3 Å². The molecule has 1 unspecified atom stereocenters. The largest absolute Gasteiger partial charge is 0.486 e. The van der Waals surface area contributed by atoms with Gasteiger partial charge in [-0.25, -0.2) is 8.42 Å². The minimum Gasteiger partial charge on any atom is -0.486 e. The average Bonchev–Trinajstić information content (AvgIpc) is 3.67. The number of aromatic amines is 1. The summed E-state index contributed by atoms with van der Waals surface area (Å²) >= 11 is 3.47. The van der Waals surface area contributed by atoms with Crippen molar-refractivity contribution in [1.29, 1.82) is 0 Å².